The second-order valence-electron chi connectivity index (χ2n) is 7.08. The van der Waals surface area contributed by atoms with Crippen LogP contribution in [0.3, 0.4) is 0 Å². The summed E-state index contributed by atoms with van der Waals surface area (Å²) in [6.45, 7) is 3.03. The van der Waals surface area contributed by atoms with Crippen molar-refractivity contribution in [3.63, 3.8) is 0 Å². The van der Waals surface area contributed by atoms with E-state index in [1.54, 1.807) is 24.3 Å². The topological polar surface area (TPSA) is 59.1 Å². The summed E-state index contributed by atoms with van der Waals surface area (Å²) in [4.78, 5) is 0. The fourth-order valence-electron chi connectivity index (χ4n) is 3.18. The largest absolute Gasteiger partial charge is 0.489 e. The lowest BCUT2D eigenvalue weighted by Gasteiger charge is -2.26. The molecule has 5 nitrogen and oxygen atoms in total. The minimum Gasteiger partial charge on any atom is -0.489 e. The average molecular weight is 410 g/mol. The monoisotopic (exact) mass is 409 g/mol. The fraction of sp³-hybridized carbons (Fsp3) is 0.217. The first-order valence-electron chi connectivity index (χ1n) is 9.50. The summed E-state index contributed by atoms with van der Waals surface area (Å²) >= 11 is 0. The number of ether oxygens (including phenoxy) is 2. The average Bonchev–Trinajstić information content (AvgIpc) is 3.52. The fourth-order valence-corrected chi connectivity index (χ4v) is 4.81. The lowest BCUT2D eigenvalue weighted by Crippen LogP contribution is -2.28. The van der Waals surface area contributed by atoms with Gasteiger partial charge in [0.1, 0.15) is 18.5 Å². The molecule has 29 heavy (non-hydrogen) atoms. The Morgan fingerprint density at radius 2 is 1.72 bits per heavy atom. The SMILES string of the molecule is Cc1cccc(CS(=O)(=O)N(c2ccccc2)c2ccccc2OCC2CO2)c1. The van der Waals surface area contributed by atoms with E-state index in [1.807, 2.05) is 61.5 Å². The van der Waals surface area contributed by atoms with Crippen LogP contribution in [-0.2, 0) is 20.5 Å². The molecular weight excluding hydrogens is 386 g/mol. The molecule has 1 unspecified atom stereocenters. The molecule has 1 aliphatic heterocycles. The van der Waals surface area contributed by atoms with Crippen LogP contribution < -0.4 is 9.04 Å². The zero-order chi connectivity index (χ0) is 20.3. The lowest BCUT2D eigenvalue weighted by atomic mass is 10.2. The Bertz CT molecular complexity index is 1080. The molecule has 6 heteroatoms. The van der Waals surface area contributed by atoms with Crippen LogP contribution >= 0.6 is 0 Å². The summed E-state index contributed by atoms with van der Waals surface area (Å²) in [5.41, 5.74) is 2.83. The zero-order valence-electron chi connectivity index (χ0n) is 16.2. The Morgan fingerprint density at radius 3 is 2.45 bits per heavy atom. The molecule has 0 bridgehead atoms. The number of hydrogen-bond acceptors (Lipinski definition) is 4. The number of rotatable bonds is 8. The van der Waals surface area contributed by atoms with E-state index in [4.69, 9.17) is 9.47 Å². The molecule has 0 spiro atoms. The predicted octanol–water partition coefficient (Wildman–Crippen LogP) is 4.44. The van der Waals surface area contributed by atoms with Crippen LogP contribution in [0.2, 0.25) is 0 Å². The van der Waals surface area contributed by atoms with Gasteiger partial charge in [-0.15, -0.1) is 0 Å². The van der Waals surface area contributed by atoms with E-state index in [0.29, 0.717) is 30.3 Å². The Morgan fingerprint density at radius 1 is 1.00 bits per heavy atom. The molecule has 0 radical (unpaired) electrons. The third-order valence-electron chi connectivity index (χ3n) is 4.61. The van der Waals surface area contributed by atoms with Gasteiger partial charge in [-0.05, 0) is 36.8 Å². The van der Waals surface area contributed by atoms with Gasteiger partial charge < -0.3 is 9.47 Å². The highest BCUT2D eigenvalue weighted by atomic mass is 32.2. The molecule has 0 aliphatic carbocycles. The number of hydrogen-bond donors (Lipinski definition) is 0. The van der Waals surface area contributed by atoms with Crippen molar-refractivity contribution in [1.82, 2.24) is 0 Å². The molecule has 1 fully saturated rings. The van der Waals surface area contributed by atoms with Crippen LogP contribution in [0, 0.1) is 6.92 Å². The van der Waals surface area contributed by atoms with Crippen molar-refractivity contribution in [2.45, 2.75) is 18.8 Å². The third-order valence-corrected chi connectivity index (χ3v) is 6.27. The second kappa shape index (κ2) is 8.27. The molecule has 1 aliphatic rings. The van der Waals surface area contributed by atoms with E-state index in [-0.39, 0.29) is 11.9 Å². The van der Waals surface area contributed by atoms with Gasteiger partial charge >= 0.3 is 0 Å². The van der Waals surface area contributed by atoms with Gasteiger partial charge in [0.25, 0.3) is 0 Å². The molecule has 0 saturated carbocycles. The predicted molar refractivity (Wildman–Crippen MR) is 114 cm³/mol. The maximum absolute atomic E-state index is 13.6. The maximum atomic E-state index is 13.6. The van der Waals surface area contributed by atoms with Gasteiger partial charge in [0, 0.05) is 0 Å². The molecule has 1 heterocycles. The molecular formula is C23H23NO4S. The van der Waals surface area contributed by atoms with E-state index >= 15 is 0 Å². The van der Waals surface area contributed by atoms with E-state index < -0.39 is 10.0 Å². The van der Waals surface area contributed by atoms with E-state index in [1.165, 1.54) is 4.31 Å². The highest BCUT2D eigenvalue weighted by Crippen LogP contribution is 2.37. The minimum absolute atomic E-state index is 0.0807. The number of epoxide rings is 1. The van der Waals surface area contributed by atoms with Gasteiger partial charge in [0.15, 0.2) is 0 Å². The van der Waals surface area contributed by atoms with Gasteiger partial charge in [-0.1, -0.05) is 60.2 Å². The second-order valence-corrected chi connectivity index (χ2v) is 8.90. The maximum Gasteiger partial charge on any atom is 0.243 e. The first-order chi connectivity index (χ1) is 14.0. The lowest BCUT2D eigenvalue weighted by molar-refractivity contribution is 0.264. The summed E-state index contributed by atoms with van der Waals surface area (Å²) in [6.07, 6.45) is 0.0807. The molecule has 1 atom stereocenters. The zero-order valence-corrected chi connectivity index (χ0v) is 17.0. The van der Waals surface area contributed by atoms with Crippen LogP contribution in [0.25, 0.3) is 0 Å². The Kier molecular flexibility index (Phi) is 5.56. The summed E-state index contributed by atoms with van der Waals surface area (Å²) in [5.74, 6) is 0.406. The van der Waals surface area contributed by atoms with Crippen LogP contribution in [0.5, 0.6) is 5.75 Å². The Hall–Kier alpha value is -2.83. The summed E-state index contributed by atoms with van der Waals surface area (Å²) < 4.78 is 39.6. The van der Waals surface area contributed by atoms with Crippen LogP contribution in [0.4, 0.5) is 11.4 Å². The number of aryl methyl sites for hydroxylation is 1. The van der Waals surface area contributed by atoms with Gasteiger partial charge in [-0.3, -0.25) is 0 Å². The van der Waals surface area contributed by atoms with Crippen molar-refractivity contribution < 1.29 is 17.9 Å². The van der Waals surface area contributed by atoms with Crippen LogP contribution in [-0.4, -0.2) is 27.7 Å². The Labute approximate surface area is 171 Å². The van der Waals surface area contributed by atoms with E-state index in [2.05, 4.69) is 0 Å². The van der Waals surface area contributed by atoms with Gasteiger partial charge in [0.2, 0.25) is 10.0 Å². The molecule has 3 aromatic carbocycles. The first-order valence-corrected chi connectivity index (χ1v) is 11.1. The normalized spacial score (nSPS) is 15.7. The molecule has 1 saturated heterocycles. The molecule has 3 aromatic rings. The van der Waals surface area contributed by atoms with Crippen molar-refractivity contribution in [3.8, 4) is 5.75 Å². The van der Waals surface area contributed by atoms with Crippen molar-refractivity contribution >= 4 is 21.4 Å². The quantitative estimate of drug-likeness (QED) is 0.516. The van der Waals surface area contributed by atoms with Gasteiger partial charge in [-0.2, -0.15) is 0 Å². The van der Waals surface area contributed by atoms with Crippen molar-refractivity contribution in [2.24, 2.45) is 0 Å². The standard InChI is InChI=1S/C23H23NO4S/c1-18-8-7-9-19(14-18)17-29(25,26)24(20-10-3-2-4-11-20)22-12-5-6-13-23(22)28-16-21-15-27-21/h2-14,21H,15-17H2,1H3. The van der Waals surface area contributed by atoms with Crippen molar-refractivity contribution in [2.75, 3.05) is 17.5 Å². The van der Waals surface area contributed by atoms with Gasteiger partial charge in [-0.25, -0.2) is 12.7 Å². The number of anilines is 2. The summed E-state index contributed by atoms with van der Waals surface area (Å²) in [7, 11) is -3.72. The molecule has 0 N–H and O–H groups in total. The van der Waals surface area contributed by atoms with Crippen molar-refractivity contribution in [3.05, 3.63) is 90.0 Å². The summed E-state index contributed by atoms with van der Waals surface area (Å²) in [6, 6.07) is 23.8. The molecule has 150 valence electrons. The molecule has 0 amide bonds. The number of sulfonamides is 1. The first kappa shape index (κ1) is 19.5. The third kappa shape index (κ3) is 4.78. The smallest absolute Gasteiger partial charge is 0.243 e. The molecule has 4 rings (SSSR count). The van der Waals surface area contributed by atoms with Gasteiger partial charge in [0.05, 0.1) is 23.7 Å². The number of benzene rings is 3. The summed E-state index contributed by atoms with van der Waals surface area (Å²) in [5, 5.41) is 0. The number of para-hydroxylation sites is 3. The highest BCUT2D eigenvalue weighted by Gasteiger charge is 2.29. The number of nitrogens with zero attached hydrogens (tertiary/aromatic N) is 1. The molecule has 0 aromatic heterocycles. The van der Waals surface area contributed by atoms with Crippen molar-refractivity contribution in [1.29, 1.82) is 0 Å². The minimum atomic E-state index is -3.72. The van der Waals surface area contributed by atoms with Crippen LogP contribution in [0.1, 0.15) is 11.1 Å². The van der Waals surface area contributed by atoms with E-state index in [9.17, 15) is 8.42 Å². The highest BCUT2D eigenvalue weighted by molar-refractivity contribution is 7.92. The van der Waals surface area contributed by atoms with E-state index in [0.717, 1.165) is 11.1 Å². The van der Waals surface area contributed by atoms with Crippen LogP contribution in [0.15, 0.2) is 78.9 Å². The Balaban J connectivity index is 1.74.